The van der Waals surface area contributed by atoms with Crippen molar-refractivity contribution in [2.75, 3.05) is 4.90 Å². The van der Waals surface area contributed by atoms with Crippen LogP contribution in [0.5, 0.6) is 0 Å². The summed E-state index contributed by atoms with van der Waals surface area (Å²) < 4.78 is 5.30. The van der Waals surface area contributed by atoms with Gasteiger partial charge in [-0.2, -0.15) is 0 Å². The van der Waals surface area contributed by atoms with Gasteiger partial charge in [-0.05, 0) is 118 Å². The van der Waals surface area contributed by atoms with Gasteiger partial charge in [0.25, 0.3) is 0 Å². The predicted octanol–water partition coefficient (Wildman–Crippen LogP) is 18.1. The molecule has 0 unspecified atom stereocenters. The Morgan fingerprint density at radius 3 is 1.66 bits per heavy atom. The van der Waals surface area contributed by atoms with Crippen molar-refractivity contribution in [3.05, 3.63) is 200 Å². The minimum atomic E-state index is 0.590. The minimum Gasteiger partial charge on any atom is -0.310 e. The van der Waals surface area contributed by atoms with Crippen molar-refractivity contribution in [1.82, 2.24) is 0 Å². The Morgan fingerprint density at radius 2 is 0.934 bits per heavy atom. The second kappa shape index (κ2) is 15.2. The zero-order valence-electron chi connectivity index (χ0n) is 33.9. The summed E-state index contributed by atoms with van der Waals surface area (Å²) in [6, 6.07) is 72.7. The molecule has 0 aliphatic heterocycles. The van der Waals surface area contributed by atoms with Crippen molar-refractivity contribution < 1.29 is 0 Å². The van der Waals surface area contributed by atoms with Crippen molar-refractivity contribution in [2.24, 2.45) is 0 Å². The van der Waals surface area contributed by atoms with E-state index in [1.165, 1.54) is 128 Å². The smallest absolute Gasteiger partial charge is 0.0540 e. The van der Waals surface area contributed by atoms with Crippen LogP contribution in [0.2, 0.25) is 0 Å². The highest BCUT2D eigenvalue weighted by atomic mass is 32.1. The molecular formula is C58H43NS2. The molecule has 2 heterocycles. The Balaban J connectivity index is 1.06. The fourth-order valence-corrected chi connectivity index (χ4v) is 12.6. The van der Waals surface area contributed by atoms with Gasteiger partial charge in [0.05, 0.1) is 5.69 Å². The first-order valence-electron chi connectivity index (χ1n) is 21.7. The summed E-state index contributed by atoms with van der Waals surface area (Å²) >= 11 is 3.75. The number of para-hydroxylation sites is 1. The highest BCUT2D eigenvalue weighted by Crippen LogP contribution is 2.48. The average molecular weight is 818 g/mol. The Hall–Kier alpha value is -6.52. The number of rotatable bonds is 7. The van der Waals surface area contributed by atoms with Crippen molar-refractivity contribution in [3.63, 3.8) is 0 Å². The summed E-state index contributed by atoms with van der Waals surface area (Å²) in [7, 11) is 0. The van der Waals surface area contributed by atoms with Gasteiger partial charge in [-0.15, -0.1) is 22.7 Å². The number of hydrogen-bond donors (Lipinski definition) is 0. The normalized spacial score (nSPS) is 13.5. The molecule has 1 aliphatic carbocycles. The molecule has 0 saturated heterocycles. The van der Waals surface area contributed by atoms with E-state index in [0.29, 0.717) is 5.92 Å². The van der Waals surface area contributed by atoms with Gasteiger partial charge in [0, 0.05) is 57.3 Å². The molecule has 0 N–H and O–H groups in total. The molecule has 0 spiro atoms. The maximum atomic E-state index is 2.50. The maximum Gasteiger partial charge on any atom is 0.0540 e. The Morgan fingerprint density at radius 1 is 0.377 bits per heavy atom. The molecule has 2 aromatic heterocycles. The minimum absolute atomic E-state index is 0.590. The SMILES string of the molecule is c1cc(-c2cccc3sc4ccccc4c23)cc(N(c2ccc(-c3cccc4sc5ccccc5c34)cc2)c2ccccc2-c2cccc3cccc(C4CCCCC4)c23)c1. The fourth-order valence-electron chi connectivity index (χ4n) is 10.3. The molecule has 0 amide bonds. The molecule has 292 valence electrons. The Kier molecular flexibility index (Phi) is 9.05. The largest absolute Gasteiger partial charge is 0.310 e. The predicted molar refractivity (Wildman–Crippen MR) is 267 cm³/mol. The number of fused-ring (bicyclic) bond motifs is 7. The lowest BCUT2D eigenvalue weighted by Crippen LogP contribution is -2.11. The second-order valence-electron chi connectivity index (χ2n) is 16.6. The summed E-state index contributed by atoms with van der Waals surface area (Å²) in [6.45, 7) is 0. The monoisotopic (exact) mass is 817 g/mol. The molecule has 1 fully saturated rings. The van der Waals surface area contributed by atoms with Crippen molar-refractivity contribution in [2.45, 2.75) is 38.0 Å². The first kappa shape index (κ1) is 36.3. The van der Waals surface area contributed by atoms with Gasteiger partial charge in [0.15, 0.2) is 0 Å². The number of hydrogen-bond acceptors (Lipinski definition) is 3. The van der Waals surface area contributed by atoms with Crippen LogP contribution >= 0.6 is 22.7 Å². The van der Waals surface area contributed by atoms with Gasteiger partial charge in [-0.1, -0.05) is 159 Å². The van der Waals surface area contributed by atoms with Crippen LogP contribution in [0, 0.1) is 0 Å². The van der Waals surface area contributed by atoms with Gasteiger partial charge in [-0.3, -0.25) is 0 Å². The van der Waals surface area contributed by atoms with E-state index in [4.69, 9.17) is 0 Å². The second-order valence-corrected chi connectivity index (χ2v) is 18.8. The van der Waals surface area contributed by atoms with E-state index < -0.39 is 0 Å². The molecule has 9 aromatic carbocycles. The number of benzene rings is 9. The molecule has 61 heavy (non-hydrogen) atoms. The lowest BCUT2D eigenvalue weighted by atomic mass is 9.80. The number of thiophene rings is 2. The molecule has 1 saturated carbocycles. The van der Waals surface area contributed by atoms with Crippen LogP contribution < -0.4 is 4.90 Å². The van der Waals surface area contributed by atoms with Crippen LogP contribution in [-0.4, -0.2) is 0 Å². The van der Waals surface area contributed by atoms with E-state index in [9.17, 15) is 0 Å². The van der Waals surface area contributed by atoms with E-state index >= 15 is 0 Å². The van der Waals surface area contributed by atoms with Crippen molar-refractivity contribution in [3.8, 4) is 33.4 Å². The summed E-state index contributed by atoms with van der Waals surface area (Å²) in [5, 5.41) is 8.04. The maximum absolute atomic E-state index is 2.50. The third-order valence-electron chi connectivity index (χ3n) is 13.1. The van der Waals surface area contributed by atoms with E-state index in [2.05, 4.69) is 199 Å². The average Bonchev–Trinajstić information content (AvgIpc) is 3.91. The lowest BCUT2D eigenvalue weighted by molar-refractivity contribution is 0.445. The molecule has 12 rings (SSSR count). The van der Waals surface area contributed by atoms with Crippen LogP contribution in [0.1, 0.15) is 43.6 Å². The fraction of sp³-hybridized carbons (Fsp3) is 0.103. The summed E-state index contributed by atoms with van der Waals surface area (Å²) in [6.07, 6.45) is 6.50. The lowest BCUT2D eigenvalue weighted by Gasteiger charge is -2.29. The first-order valence-corrected chi connectivity index (χ1v) is 23.3. The first-order chi connectivity index (χ1) is 30.3. The third kappa shape index (κ3) is 6.26. The molecule has 1 aliphatic rings. The van der Waals surface area contributed by atoms with Crippen LogP contribution in [0.25, 0.3) is 84.5 Å². The van der Waals surface area contributed by atoms with Crippen molar-refractivity contribution in [1.29, 1.82) is 0 Å². The summed E-state index contributed by atoms with van der Waals surface area (Å²) in [5.41, 5.74) is 12.5. The van der Waals surface area contributed by atoms with Crippen LogP contribution in [-0.2, 0) is 0 Å². The molecule has 3 heteroatoms. The topological polar surface area (TPSA) is 3.24 Å². The zero-order valence-corrected chi connectivity index (χ0v) is 35.5. The highest BCUT2D eigenvalue weighted by molar-refractivity contribution is 7.26. The van der Waals surface area contributed by atoms with Crippen LogP contribution in [0.15, 0.2) is 194 Å². The molecule has 0 bridgehead atoms. The molecule has 11 aromatic rings. The molecule has 0 radical (unpaired) electrons. The Bertz CT molecular complexity index is 3410. The van der Waals surface area contributed by atoms with Crippen molar-refractivity contribution >= 4 is 90.9 Å². The van der Waals surface area contributed by atoms with E-state index in [-0.39, 0.29) is 0 Å². The third-order valence-corrected chi connectivity index (χ3v) is 15.3. The van der Waals surface area contributed by atoms with Gasteiger partial charge < -0.3 is 4.90 Å². The quantitative estimate of drug-likeness (QED) is 0.155. The number of anilines is 3. The van der Waals surface area contributed by atoms with Crippen LogP contribution in [0.4, 0.5) is 17.1 Å². The Labute approximate surface area is 364 Å². The van der Waals surface area contributed by atoms with E-state index in [0.717, 1.165) is 11.4 Å². The van der Waals surface area contributed by atoms with Gasteiger partial charge >= 0.3 is 0 Å². The van der Waals surface area contributed by atoms with Crippen LogP contribution in [0.3, 0.4) is 0 Å². The molecule has 1 nitrogen and oxygen atoms in total. The summed E-state index contributed by atoms with van der Waals surface area (Å²) in [4.78, 5) is 2.50. The van der Waals surface area contributed by atoms with E-state index in [1.807, 2.05) is 22.7 Å². The molecule has 0 atom stereocenters. The number of nitrogens with zero attached hydrogens (tertiary/aromatic N) is 1. The highest BCUT2D eigenvalue weighted by Gasteiger charge is 2.23. The van der Waals surface area contributed by atoms with E-state index in [1.54, 1.807) is 0 Å². The summed E-state index contributed by atoms with van der Waals surface area (Å²) in [5.74, 6) is 0.590. The molecular weight excluding hydrogens is 775 g/mol. The van der Waals surface area contributed by atoms with Gasteiger partial charge in [-0.25, -0.2) is 0 Å². The van der Waals surface area contributed by atoms with Gasteiger partial charge in [0.1, 0.15) is 0 Å². The van der Waals surface area contributed by atoms with Gasteiger partial charge in [0.2, 0.25) is 0 Å². The standard InChI is InChI=1S/C58H43NS2/c1-2-15-38(16-3-1)44-24-11-17-40-18-12-27-48(56(40)44)47-21-4-7-28-51(47)59(42-35-33-39(34-36-42)45-25-13-31-54-57(45)49-22-5-8-29-52(49)60-54)43-20-10-19-41(37-43)46-26-14-32-55-58(46)50-23-6-9-30-53(50)61-55/h4-14,17-38H,1-3,15-16H2. The zero-order chi connectivity index (χ0) is 40.3.